The van der Waals surface area contributed by atoms with Crippen LogP contribution in [-0.4, -0.2) is 22.3 Å². The van der Waals surface area contributed by atoms with E-state index < -0.39 is 0 Å². The molecule has 0 aliphatic heterocycles. The van der Waals surface area contributed by atoms with Gasteiger partial charge >= 0.3 is 0 Å². The van der Waals surface area contributed by atoms with Gasteiger partial charge in [0.25, 0.3) is 5.91 Å². The van der Waals surface area contributed by atoms with Gasteiger partial charge in [-0.05, 0) is 49.6 Å². The monoisotopic (exact) mass is 371 g/mol. The van der Waals surface area contributed by atoms with Crippen LogP contribution in [0.15, 0.2) is 63.1 Å². The molecule has 0 saturated carbocycles. The maximum absolute atomic E-state index is 12.6. The summed E-state index contributed by atoms with van der Waals surface area (Å²) >= 11 is 3.12. The van der Waals surface area contributed by atoms with E-state index in [1.54, 1.807) is 30.1 Å². The molecule has 0 atom stereocenters. The van der Waals surface area contributed by atoms with Gasteiger partial charge in [-0.3, -0.25) is 4.79 Å². The summed E-state index contributed by atoms with van der Waals surface area (Å²) in [6, 6.07) is 13.2. The lowest BCUT2D eigenvalue weighted by Crippen LogP contribution is -2.13. The van der Waals surface area contributed by atoms with Crippen LogP contribution in [0.4, 0.5) is 5.69 Å². The van der Waals surface area contributed by atoms with Crippen LogP contribution >= 0.6 is 23.5 Å². The molecule has 0 bridgehead atoms. The predicted octanol–water partition coefficient (Wildman–Crippen LogP) is 4.64. The molecule has 5 nitrogen and oxygen atoms in total. The van der Waals surface area contributed by atoms with Crippen molar-refractivity contribution in [2.75, 3.05) is 11.6 Å². The number of hydrogen-bond acceptors (Lipinski definition) is 6. The van der Waals surface area contributed by atoms with Crippen LogP contribution in [0, 0.1) is 6.92 Å². The van der Waals surface area contributed by atoms with Crippen LogP contribution in [-0.2, 0) is 5.75 Å². The minimum atomic E-state index is -0.177. The number of aryl methyl sites for hydroxylation is 1. The number of nitrogens with zero attached hydrogens (tertiary/aromatic N) is 2. The van der Waals surface area contributed by atoms with Gasteiger partial charge in [0.1, 0.15) is 10.8 Å². The SMILES string of the molecule is CSc1ccc(NC(=O)c2cccnc2SCc2cc(C)on2)cc1. The Hall–Kier alpha value is -2.25. The Morgan fingerprint density at radius 2 is 2.04 bits per heavy atom. The van der Waals surface area contributed by atoms with Crippen molar-refractivity contribution < 1.29 is 9.32 Å². The molecule has 0 fully saturated rings. The van der Waals surface area contributed by atoms with Gasteiger partial charge in [-0.15, -0.1) is 11.8 Å². The van der Waals surface area contributed by atoms with Crippen LogP contribution in [0.3, 0.4) is 0 Å². The zero-order valence-corrected chi connectivity index (χ0v) is 15.5. The average molecular weight is 371 g/mol. The molecule has 1 N–H and O–H groups in total. The van der Waals surface area contributed by atoms with Crippen LogP contribution in [0.2, 0.25) is 0 Å². The van der Waals surface area contributed by atoms with Gasteiger partial charge < -0.3 is 9.84 Å². The predicted molar refractivity (Wildman–Crippen MR) is 101 cm³/mol. The lowest BCUT2D eigenvalue weighted by atomic mass is 10.2. The molecule has 3 aromatic rings. The molecule has 0 unspecified atom stereocenters. The first-order chi connectivity index (χ1) is 12.2. The van der Waals surface area contributed by atoms with Gasteiger partial charge in [-0.1, -0.05) is 16.9 Å². The summed E-state index contributed by atoms with van der Waals surface area (Å²) in [6.45, 7) is 1.85. The van der Waals surface area contributed by atoms with E-state index in [4.69, 9.17) is 4.52 Å². The van der Waals surface area contributed by atoms with E-state index in [0.29, 0.717) is 16.3 Å². The molecule has 2 aromatic heterocycles. The zero-order chi connectivity index (χ0) is 17.6. The van der Waals surface area contributed by atoms with Crippen LogP contribution in [0.25, 0.3) is 0 Å². The molecule has 128 valence electrons. The fourth-order valence-corrected chi connectivity index (χ4v) is 3.46. The average Bonchev–Trinajstić information content (AvgIpc) is 3.06. The number of carbonyl (C=O) groups excluding carboxylic acids is 1. The number of benzene rings is 1. The van der Waals surface area contributed by atoms with E-state index in [9.17, 15) is 4.79 Å². The Kier molecular flexibility index (Phi) is 5.78. The zero-order valence-electron chi connectivity index (χ0n) is 13.9. The van der Waals surface area contributed by atoms with E-state index in [1.165, 1.54) is 11.8 Å². The second-order valence-corrected chi connectivity index (χ2v) is 7.10. The van der Waals surface area contributed by atoms with Crippen molar-refractivity contribution in [2.24, 2.45) is 0 Å². The maximum atomic E-state index is 12.6. The molecule has 0 aliphatic rings. The number of aromatic nitrogens is 2. The smallest absolute Gasteiger partial charge is 0.258 e. The van der Waals surface area contributed by atoms with Gasteiger partial charge in [-0.2, -0.15) is 0 Å². The molecule has 3 rings (SSSR count). The number of pyridine rings is 1. The van der Waals surface area contributed by atoms with Gasteiger partial charge in [0.05, 0.1) is 11.3 Å². The fraction of sp³-hybridized carbons (Fsp3) is 0.167. The van der Waals surface area contributed by atoms with Gasteiger partial charge in [-0.25, -0.2) is 4.98 Å². The summed E-state index contributed by atoms with van der Waals surface area (Å²) in [5, 5.41) is 7.55. The first kappa shape index (κ1) is 17.6. The van der Waals surface area contributed by atoms with Crippen molar-refractivity contribution in [3.05, 3.63) is 65.7 Å². The third kappa shape index (κ3) is 4.64. The second kappa shape index (κ2) is 8.22. The normalized spacial score (nSPS) is 10.6. The van der Waals surface area contributed by atoms with Crippen molar-refractivity contribution >= 4 is 35.1 Å². The third-order valence-electron chi connectivity index (χ3n) is 3.40. The summed E-state index contributed by atoms with van der Waals surface area (Å²) < 4.78 is 5.06. The van der Waals surface area contributed by atoms with Crippen molar-refractivity contribution in [2.45, 2.75) is 22.6 Å². The molecule has 0 saturated heterocycles. The first-order valence-corrected chi connectivity index (χ1v) is 9.82. The Labute approximate surface area is 154 Å². The highest BCUT2D eigenvalue weighted by atomic mass is 32.2. The molecular formula is C18H17N3O2S2. The molecule has 2 heterocycles. The minimum absolute atomic E-state index is 0.177. The molecule has 1 amide bonds. The number of nitrogens with one attached hydrogen (secondary N) is 1. The van der Waals surface area contributed by atoms with Crippen LogP contribution in [0.5, 0.6) is 0 Å². The quantitative estimate of drug-likeness (QED) is 0.637. The molecule has 25 heavy (non-hydrogen) atoms. The first-order valence-electron chi connectivity index (χ1n) is 7.61. The summed E-state index contributed by atoms with van der Waals surface area (Å²) in [5.41, 5.74) is 2.13. The van der Waals surface area contributed by atoms with Crippen molar-refractivity contribution in [1.29, 1.82) is 0 Å². The summed E-state index contributed by atoms with van der Waals surface area (Å²) in [5.74, 6) is 1.18. The number of hydrogen-bond donors (Lipinski definition) is 1. The lowest BCUT2D eigenvalue weighted by Gasteiger charge is -2.09. The van der Waals surface area contributed by atoms with Gasteiger partial charge in [0.2, 0.25) is 0 Å². The molecule has 7 heteroatoms. The van der Waals surface area contributed by atoms with Gasteiger partial charge in [0, 0.05) is 28.6 Å². The molecular weight excluding hydrogens is 354 g/mol. The molecule has 0 aliphatic carbocycles. The van der Waals surface area contributed by atoms with E-state index >= 15 is 0 Å². The fourth-order valence-electron chi connectivity index (χ4n) is 2.18. The number of amides is 1. The third-order valence-corrected chi connectivity index (χ3v) is 5.18. The highest BCUT2D eigenvalue weighted by molar-refractivity contribution is 7.98. The highest BCUT2D eigenvalue weighted by Gasteiger charge is 2.14. The second-order valence-electron chi connectivity index (χ2n) is 5.26. The maximum Gasteiger partial charge on any atom is 0.258 e. The minimum Gasteiger partial charge on any atom is -0.361 e. The van der Waals surface area contributed by atoms with Crippen LogP contribution in [0.1, 0.15) is 21.8 Å². The van der Waals surface area contributed by atoms with Crippen molar-refractivity contribution in [3.63, 3.8) is 0 Å². The van der Waals surface area contributed by atoms with Gasteiger partial charge in [0.15, 0.2) is 0 Å². The van der Waals surface area contributed by atoms with E-state index in [2.05, 4.69) is 15.5 Å². The summed E-state index contributed by atoms with van der Waals surface area (Å²) in [6.07, 6.45) is 3.70. The summed E-state index contributed by atoms with van der Waals surface area (Å²) in [4.78, 5) is 18.1. The Morgan fingerprint density at radius 1 is 1.24 bits per heavy atom. The molecule has 0 radical (unpaired) electrons. The van der Waals surface area contributed by atoms with Crippen molar-refractivity contribution in [3.8, 4) is 0 Å². The standard InChI is InChI=1S/C18H17N3O2S2/c1-12-10-14(21-23-12)11-25-18-16(4-3-9-19-18)17(22)20-13-5-7-15(24-2)8-6-13/h3-10H,11H2,1-2H3,(H,20,22). The topological polar surface area (TPSA) is 68.0 Å². The van der Waals surface area contributed by atoms with Crippen LogP contribution < -0.4 is 5.32 Å². The number of carbonyl (C=O) groups is 1. The van der Waals surface area contributed by atoms with Crippen molar-refractivity contribution in [1.82, 2.24) is 10.1 Å². The number of thioether (sulfide) groups is 2. The number of anilines is 1. The van der Waals surface area contributed by atoms with E-state index in [1.807, 2.05) is 43.5 Å². The van der Waals surface area contributed by atoms with E-state index in [0.717, 1.165) is 22.0 Å². The molecule has 0 spiro atoms. The summed E-state index contributed by atoms with van der Waals surface area (Å²) in [7, 11) is 0. The molecule has 1 aromatic carbocycles. The Morgan fingerprint density at radius 3 is 2.72 bits per heavy atom. The number of rotatable bonds is 6. The van der Waals surface area contributed by atoms with E-state index in [-0.39, 0.29) is 5.91 Å². The Bertz CT molecular complexity index is 863. The largest absolute Gasteiger partial charge is 0.361 e. The lowest BCUT2D eigenvalue weighted by molar-refractivity contribution is 0.102. The Balaban J connectivity index is 1.71. The highest BCUT2D eigenvalue weighted by Crippen LogP contribution is 2.25.